The van der Waals surface area contributed by atoms with E-state index in [1.165, 1.54) is 12.1 Å². The number of hydrogen-bond donors (Lipinski definition) is 2. The van der Waals surface area contributed by atoms with Crippen molar-refractivity contribution in [1.29, 1.82) is 0 Å². The van der Waals surface area contributed by atoms with Gasteiger partial charge in [-0.05, 0) is 29.8 Å². The number of benzene rings is 2. The number of halogens is 3. The van der Waals surface area contributed by atoms with E-state index >= 15 is 0 Å². The Balaban J connectivity index is 1.43. The Morgan fingerprint density at radius 3 is 2.52 bits per heavy atom. The Morgan fingerprint density at radius 1 is 1.04 bits per heavy atom. The molecule has 0 bridgehead atoms. The third kappa shape index (κ3) is 4.21. The molecule has 0 aliphatic carbocycles. The lowest BCUT2D eigenvalue weighted by atomic mass is 10.1. The third-order valence-electron chi connectivity index (χ3n) is 3.61. The number of H-pyrrole nitrogens is 1. The van der Waals surface area contributed by atoms with Crippen molar-refractivity contribution in [2.24, 2.45) is 0 Å². The van der Waals surface area contributed by atoms with Crippen molar-refractivity contribution in [3.05, 3.63) is 53.6 Å². The van der Waals surface area contributed by atoms with E-state index < -0.39 is 11.7 Å². The van der Waals surface area contributed by atoms with Crippen molar-refractivity contribution in [3.8, 4) is 5.75 Å². The first-order chi connectivity index (χ1) is 11.9. The quantitative estimate of drug-likeness (QED) is 0.663. The van der Waals surface area contributed by atoms with Crippen LogP contribution < -0.4 is 10.5 Å². The average molecular weight is 351 g/mol. The fourth-order valence-electron chi connectivity index (χ4n) is 2.31. The highest BCUT2D eigenvalue weighted by molar-refractivity contribution is 5.89. The molecule has 0 atom stereocenters. The van der Waals surface area contributed by atoms with Crippen LogP contribution in [-0.2, 0) is 17.5 Å². The van der Waals surface area contributed by atoms with Crippen molar-refractivity contribution < 1.29 is 22.6 Å². The number of nitrogens with one attached hydrogen (secondary N) is 1. The van der Waals surface area contributed by atoms with E-state index in [-0.39, 0.29) is 6.61 Å². The maximum Gasteiger partial charge on any atom is 0.416 e. The molecule has 0 saturated carbocycles. The van der Waals surface area contributed by atoms with Gasteiger partial charge in [-0.15, -0.1) is 0 Å². The smallest absolute Gasteiger partial charge is 0.416 e. The van der Waals surface area contributed by atoms with Crippen LogP contribution in [0.4, 0.5) is 19.0 Å². The summed E-state index contributed by atoms with van der Waals surface area (Å²) in [6.07, 6.45) is -4.33. The van der Waals surface area contributed by atoms with Crippen LogP contribution in [0, 0.1) is 0 Å². The second kappa shape index (κ2) is 7.02. The first-order valence-corrected chi connectivity index (χ1v) is 7.54. The zero-order valence-corrected chi connectivity index (χ0v) is 13.1. The van der Waals surface area contributed by atoms with Crippen molar-refractivity contribution in [2.75, 3.05) is 18.9 Å². The summed E-state index contributed by atoms with van der Waals surface area (Å²) in [4.78, 5) is 0. The minimum atomic E-state index is -4.33. The number of rotatable bonds is 6. The Bertz CT molecular complexity index is 844. The molecule has 0 spiro atoms. The fourth-order valence-corrected chi connectivity index (χ4v) is 2.31. The molecule has 1 heterocycles. The average Bonchev–Trinajstić information content (AvgIpc) is 2.95. The molecule has 0 radical (unpaired) electrons. The largest absolute Gasteiger partial charge is 0.491 e. The van der Waals surface area contributed by atoms with Gasteiger partial charge in [-0.2, -0.15) is 18.3 Å². The molecule has 3 N–H and O–H groups in total. The lowest BCUT2D eigenvalue weighted by Crippen LogP contribution is -2.07. The molecule has 0 unspecified atom stereocenters. The summed E-state index contributed by atoms with van der Waals surface area (Å²) in [5.74, 6) is 1.08. The third-order valence-corrected chi connectivity index (χ3v) is 3.61. The van der Waals surface area contributed by atoms with Crippen molar-refractivity contribution in [1.82, 2.24) is 10.2 Å². The zero-order valence-electron chi connectivity index (χ0n) is 13.1. The van der Waals surface area contributed by atoms with E-state index in [0.717, 1.165) is 23.0 Å². The highest BCUT2D eigenvalue weighted by Crippen LogP contribution is 2.29. The number of hydrogen-bond acceptors (Lipinski definition) is 4. The second-order valence-corrected chi connectivity index (χ2v) is 5.41. The normalized spacial score (nSPS) is 11.8. The van der Waals surface area contributed by atoms with E-state index in [0.29, 0.717) is 30.3 Å². The number of aromatic amines is 1. The first kappa shape index (κ1) is 17.1. The van der Waals surface area contributed by atoms with Gasteiger partial charge in [-0.3, -0.25) is 5.10 Å². The molecule has 0 saturated heterocycles. The molecule has 0 aliphatic heterocycles. The van der Waals surface area contributed by atoms with Gasteiger partial charge in [0.2, 0.25) is 0 Å². The molecule has 0 amide bonds. The molecule has 25 heavy (non-hydrogen) atoms. The summed E-state index contributed by atoms with van der Waals surface area (Å²) in [6.45, 7) is 0.845. The lowest BCUT2D eigenvalue weighted by Gasteiger charge is -2.09. The predicted octanol–water partition coefficient (Wildman–Crippen LogP) is 3.76. The molecule has 0 fully saturated rings. The summed E-state index contributed by atoms with van der Waals surface area (Å²) >= 11 is 0. The van der Waals surface area contributed by atoms with Crippen LogP contribution in [0.25, 0.3) is 10.9 Å². The predicted molar refractivity (Wildman–Crippen MR) is 87.1 cm³/mol. The molecule has 3 rings (SSSR count). The van der Waals surface area contributed by atoms with Gasteiger partial charge in [0.05, 0.1) is 24.3 Å². The monoisotopic (exact) mass is 351 g/mol. The van der Waals surface area contributed by atoms with Crippen molar-refractivity contribution >= 4 is 16.7 Å². The van der Waals surface area contributed by atoms with Crippen LogP contribution in [-0.4, -0.2) is 23.4 Å². The maximum absolute atomic E-state index is 12.5. The van der Waals surface area contributed by atoms with E-state index in [1.807, 2.05) is 6.07 Å². The van der Waals surface area contributed by atoms with Gasteiger partial charge in [-0.1, -0.05) is 12.1 Å². The SMILES string of the molecule is Nc1n[nH]c2cc(OCCOCc3ccc(C(F)(F)F)cc3)ccc12. The first-order valence-electron chi connectivity index (χ1n) is 7.54. The topological polar surface area (TPSA) is 73.2 Å². The fraction of sp³-hybridized carbons (Fsp3) is 0.235. The molecule has 2 aromatic carbocycles. The summed E-state index contributed by atoms with van der Waals surface area (Å²) in [6, 6.07) is 10.3. The summed E-state index contributed by atoms with van der Waals surface area (Å²) in [7, 11) is 0. The maximum atomic E-state index is 12.5. The summed E-state index contributed by atoms with van der Waals surface area (Å²) < 4.78 is 48.4. The number of fused-ring (bicyclic) bond motifs is 1. The molecule has 0 aliphatic rings. The van der Waals surface area contributed by atoms with Gasteiger partial charge in [0, 0.05) is 11.5 Å². The van der Waals surface area contributed by atoms with Crippen LogP contribution in [0.15, 0.2) is 42.5 Å². The highest BCUT2D eigenvalue weighted by Gasteiger charge is 2.29. The second-order valence-electron chi connectivity index (χ2n) is 5.41. The Hall–Kier alpha value is -2.74. The molecule has 132 valence electrons. The minimum absolute atomic E-state index is 0.220. The molecular weight excluding hydrogens is 335 g/mol. The van der Waals surface area contributed by atoms with Gasteiger partial charge in [-0.25, -0.2) is 0 Å². The van der Waals surface area contributed by atoms with Gasteiger partial charge in [0.25, 0.3) is 0 Å². The number of ether oxygens (including phenoxy) is 2. The van der Waals surface area contributed by atoms with E-state index in [9.17, 15) is 13.2 Å². The molecule has 8 heteroatoms. The Morgan fingerprint density at radius 2 is 1.80 bits per heavy atom. The lowest BCUT2D eigenvalue weighted by molar-refractivity contribution is -0.137. The van der Waals surface area contributed by atoms with Gasteiger partial charge in [0.1, 0.15) is 12.4 Å². The number of nitrogens with zero attached hydrogens (tertiary/aromatic N) is 1. The number of alkyl halides is 3. The van der Waals surface area contributed by atoms with Gasteiger partial charge < -0.3 is 15.2 Å². The number of nitrogens with two attached hydrogens (primary N) is 1. The van der Waals surface area contributed by atoms with E-state index in [4.69, 9.17) is 15.2 Å². The van der Waals surface area contributed by atoms with Crippen LogP contribution in [0.1, 0.15) is 11.1 Å². The molecular formula is C17H16F3N3O2. The summed E-state index contributed by atoms with van der Waals surface area (Å²) in [5.41, 5.74) is 6.46. The minimum Gasteiger partial charge on any atom is -0.491 e. The standard InChI is InChI=1S/C17H16F3N3O2/c18-17(19,20)12-3-1-11(2-4-12)10-24-7-8-25-13-5-6-14-15(9-13)22-23-16(14)21/h1-6,9H,7-8,10H2,(H3,21,22,23). The number of anilines is 1. The Labute approximate surface area is 141 Å². The zero-order chi connectivity index (χ0) is 17.9. The number of aromatic nitrogens is 2. The van der Waals surface area contributed by atoms with Crippen molar-refractivity contribution in [3.63, 3.8) is 0 Å². The van der Waals surface area contributed by atoms with Crippen LogP contribution in [0.3, 0.4) is 0 Å². The van der Waals surface area contributed by atoms with Gasteiger partial charge in [0.15, 0.2) is 5.82 Å². The Kier molecular flexibility index (Phi) is 4.80. The van der Waals surface area contributed by atoms with Crippen LogP contribution >= 0.6 is 0 Å². The molecule has 1 aromatic heterocycles. The summed E-state index contributed by atoms with van der Waals surface area (Å²) in [5, 5.41) is 7.53. The molecule has 3 aromatic rings. The van der Waals surface area contributed by atoms with Crippen LogP contribution in [0.2, 0.25) is 0 Å². The van der Waals surface area contributed by atoms with Crippen molar-refractivity contribution in [2.45, 2.75) is 12.8 Å². The molecule has 5 nitrogen and oxygen atoms in total. The highest BCUT2D eigenvalue weighted by atomic mass is 19.4. The van der Waals surface area contributed by atoms with Crippen LogP contribution in [0.5, 0.6) is 5.75 Å². The number of nitrogen functional groups attached to an aromatic ring is 1. The van der Waals surface area contributed by atoms with E-state index in [2.05, 4.69) is 10.2 Å². The van der Waals surface area contributed by atoms with E-state index in [1.54, 1.807) is 12.1 Å². The van der Waals surface area contributed by atoms with Gasteiger partial charge >= 0.3 is 6.18 Å².